The molecule has 0 saturated carbocycles. The molecular weight excluding hydrogens is 252 g/mol. The minimum atomic E-state index is -0.976. The molecule has 0 fully saturated rings. The first-order chi connectivity index (χ1) is 8.20. The van der Waals surface area contributed by atoms with Crippen LogP contribution in [0, 0.1) is 0 Å². The number of anilines is 1. The summed E-state index contributed by atoms with van der Waals surface area (Å²) in [6.45, 7) is 9.84. The number of carboxylic acid groups (broad SMARTS) is 1. The Morgan fingerprint density at radius 1 is 1.50 bits per heavy atom. The predicted octanol–water partition coefficient (Wildman–Crippen LogP) is 3.24. The molecule has 1 heterocycles. The highest BCUT2D eigenvalue weighted by Crippen LogP contribution is 2.23. The van der Waals surface area contributed by atoms with Crippen molar-refractivity contribution in [3.8, 4) is 0 Å². The van der Waals surface area contributed by atoms with Crippen LogP contribution in [0.5, 0.6) is 0 Å². The molecule has 0 aliphatic heterocycles. The Balaban J connectivity index is 3.14. The lowest BCUT2D eigenvalue weighted by Gasteiger charge is -2.19. The first-order valence-electron chi connectivity index (χ1n) is 5.53. The second kappa shape index (κ2) is 5.40. The zero-order valence-corrected chi connectivity index (χ0v) is 11.5. The Morgan fingerprint density at radius 3 is 2.56 bits per heavy atom. The number of halogens is 1. The van der Waals surface area contributed by atoms with Crippen molar-refractivity contribution < 1.29 is 9.90 Å². The number of nitrogens with zero attached hydrogens (tertiary/aromatic N) is 1. The molecular formula is C13H17ClN2O2. The molecule has 0 amide bonds. The van der Waals surface area contributed by atoms with Crippen LogP contribution >= 0.6 is 11.6 Å². The highest BCUT2D eigenvalue weighted by Gasteiger charge is 2.19. The van der Waals surface area contributed by atoms with E-state index in [4.69, 9.17) is 16.7 Å². The van der Waals surface area contributed by atoms with Crippen LogP contribution in [-0.2, 0) is 5.41 Å². The van der Waals surface area contributed by atoms with Crippen LogP contribution in [0.1, 0.15) is 36.8 Å². The number of hydrogen-bond donors (Lipinski definition) is 2. The second-order valence-electron chi connectivity index (χ2n) is 5.05. The van der Waals surface area contributed by atoms with Crippen LogP contribution in [-0.4, -0.2) is 22.6 Å². The molecule has 0 radical (unpaired) electrons. The summed E-state index contributed by atoms with van der Waals surface area (Å²) < 4.78 is 0. The molecule has 0 unspecified atom stereocenters. The van der Waals surface area contributed by atoms with Gasteiger partial charge in [-0.1, -0.05) is 39.0 Å². The molecule has 18 heavy (non-hydrogen) atoms. The van der Waals surface area contributed by atoms with E-state index in [9.17, 15) is 4.79 Å². The van der Waals surface area contributed by atoms with Gasteiger partial charge in [0.05, 0.1) is 12.1 Å². The third kappa shape index (κ3) is 4.04. The Labute approximate surface area is 112 Å². The van der Waals surface area contributed by atoms with Gasteiger partial charge >= 0.3 is 5.97 Å². The van der Waals surface area contributed by atoms with E-state index < -0.39 is 5.97 Å². The Hall–Kier alpha value is -1.55. The van der Waals surface area contributed by atoms with Gasteiger partial charge in [0.15, 0.2) is 0 Å². The third-order valence-electron chi connectivity index (χ3n) is 2.30. The molecule has 1 aromatic rings. The number of aromatic carboxylic acids is 1. The van der Waals surface area contributed by atoms with Gasteiger partial charge < -0.3 is 10.4 Å². The fourth-order valence-corrected chi connectivity index (χ4v) is 1.38. The number of nitrogens with one attached hydrogen (secondary N) is 1. The Morgan fingerprint density at radius 2 is 2.11 bits per heavy atom. The van der Waals surface area contributed by atoms with Crippen LogP contribution in [0.3, 0.4) is 0 Å². The highest BCUT2D eigenvalue weighted by molar-refractivity contribution is 6.29. The third-order valence-corrected chi connectivity index (χ3v) is 2.44. The standard InChI is InChI=1S/C13H17ClN2O2/c1-8(14)7-15-11-6-9(12(17)18)5-10(16-11)13(2,3)4/h5-6H,1,7H2,2-4H3,(H,15,16)(H,17,18). The van der Waals surface area contributed by atoms with Crippen molar-refractivity contribution in [3.05, 3.63) is 35.0 Å². The summed E-state index contributed by atoms with van der Waals surface area (Å²) in [4.78, 5) is 15.5. The minimum Gasteiger partial charge on any atom is -0.478 e. The molecule has 0 saturated heterocycles. The molecule has 1 aromatic heterocycles. The summed E-state index contributed by atoms with van der Waals surface area (Å²) in [6.07, 6.45) is 0. The maximum Gasteiger partial charge on any atom is 0.335 e. The van der Waals surface area contributed by atoms with Crippen molar-refractivity contribution >= 4 is 23.4 Å². The minimum absolute atomic E-state index is 0.206. The van der Waals surface area contributed by atoms with Crippen LogP contribution in [0.2, 0.25) is 0 Å². The summed E-state index contributed by atoms with van der Waals surface area (Å²) in [7, 11) is 0. The Kier molecular flexibility index (Phi) is 4.35. The molecule has 0 aliphatic rings. The lowest BCUT2D eigenvalue weighted by Crippen LogP contribution is -2.17. The molecule has 4 nitrogen and oxygen atoms in total. The molecule has 0 bridgehead atoms. The van der Waals surface area contributed by atoms with Crippen LogP contribution in [0.15, 0.2) is 23.7 Å². The summed E-state index contributed by atoms with van der Waals surface area (Å²) in [5.41, 5.74) is 0.697. The lowest BCUT2D eigenvalue weighted by atomic mass is 9.91. The van der Waals surface area contributed by atoms with Crippen LogP contribution < -0.4 is 5.32 Å². The van der Waals surface area contributed by atoms with Gasteiger partial charge in [-0.2, -0.15) is 0 Å². The van der Waals surface area contributed by atoms with Crippen molar-refractivity contribution in [2.45, 2.75) is 26.2 Å². The molecule has 0 atom stereocenters. The van der Waals surface area contributed by atoms with Gasteiger partial charge in [-0.15, -0.1) is 0 Å². The average Bonchev–Trinajstić information content (AvgIpc) is 2.24. The predicted molar refractivity (Wildman–Crippen MR) is 73.4 cm³/mol. The summed E-state index contributed by atoms with van der Waals surface area (Å²) in [5, 5.41) is 12.5. The number of carbonyl (C=O) groups is 1. The number of pyridine rings is 1. The van der Waals surface area contributed by atoms with E-state index in [0.717, 1.165) is 0 Å². The van der Waals surface area contributed by atoms with Gasteiger partial charge in [-0.05, 0) is 12.1 Å². The smallest absolute Gasteiger partial charge is 0.335 e. The quantitative estimate of drug-likeness (QED) is 0.880. The topological polar surface area (TPSA) is 62.2 Å². The van der Waals surface area contributed by atoms with E-state index in [1.54, 1.807) is 6.07 Å². The first kappa shape index (κ1) is 14.5. The van der Waals surface area contributed by atoms with Crippen molar-refractivity contribution in [2.24, 2.45) is 0 Å². The van der Waals surface area contributed by atoms with E-state index in [-0.39, 0.29) is 11.0 Å². The van der Waals surface area contributed by atoms with E-state index in [1.165, 1.54) is 6.07 Å². The Bertz CT molecular complexity index is 478. The van der Waals surface area contributed by atoms with Crippen molar-refractivity contribution in [2.75, 3.05) is 11.9 Å². The number of carboxylic acids is 1. The van der Waals surface area contributed by atoms with Gasteiger partial charge in [0.2, 0.25) is 0 Å². The van der Waals surface area contributed by atoms with Crippen LogP contribution in [0.4, 0.5) is 5.82 Å². The molecule has 1 rings (SSSR count). The number of hydrogen-bond acceptors (Lipinski definition) is 3. The lowest BCUT2D eigenvalue weighted by molar-refractivity contribution is 0.0696. The first-order valence-corrected chi connectivity index (χ1v) is 5.91. The van der Waals surface area contributed by atoms with Gasteiger partial charge in [0, 0.05) is 16.1 Å². The maximum absolute atomic E-state index is 11.1. The summed E-state index contributed by atoms with van der Waals surface area (Å²) >= 11 is 5.66. The van der Waals surface area contributed by atoms with Gasteiger partial charge in [-0.25, -0.2) is 9.78 Å². The zero-order chi connectivity index (χ0) is 13.9. The van der Waals surface area contributed by atoms with Gasteiger partial charge in [0.1, 0.15) is 5.82 Å². The zero-order valence-electron chi connectivity index (χ0n) is 10.7. The van der Waals surface area contributed by atoms with E-state index >= 15 is 0 Å². The molecule has 5 heteroatoms. The van der Waals surface area contributed by atoms with Gasteiger partial charge in [0.25, 0.3) is 0 Å². The summed E-state index contributed by atoms with van der Waals surface area (Å²) in [5.74, 6) is -0.489. The second-order valence-corrected chi connectivity index (χ2v) is 5.59. The van der Waals surface area contributed by atoms with Gasteiger partial charge in [-0.3, -0.25) is 0 Å². The van der Waals surface area contributed by atoms with Crippen LogP contribution in [0.25, 0.3) is 0 Å². The maximum atomic E-state index is 11.1. The molecule has 0 aromatic carbocycles. The highest BCUT2D eigenvalue weighted by atomic mass is 35.5. The number of rotatable bonds is 4. The van der Waals surface area contributed by atoms with E-state index in [2.05, 4.69) is 16.9 Å². The van der Waals surface area contributed by atoms with Crippen molar-refractivity contribution in [1.29, 1.82) is 0 Å². The van der Waals surface area contributed by atoms with E-state index in [0.29, 0.717) is 23.1 Å². The fraction of sp³-hybridized carbons (Fsp3) is 0.385. The fourth-order valence-electron chi connectivity index (χ4n) is 1.32. The van der Waals surface area contributed by atoms with Crippen molar-refractivity contribution in [1.82, 2.24) is 4.98 Å². The normalized spacial score (nSPS) is 11.1. The molecule has 0 spiro atoms. The summed E-state index contributed by atoms with van der Waals surface area (Å²) in [6, 6.07) is 3.07. The average molecular weight is 269 g/mol. The SMILES string of the molecule is C=C(Cl)CNc1cc(C(=O)O)cc(C(C)(C)C)n1. The van der Waals surface area contributed by atoms with E-state index in [1.807, 2.05) is 20.8 Å². The van der Waals surface area contributed by atoms with Crippen molar-refractivity contribution in [3.63, 3.8) is 0 Å². The molecule has 98 valence electrons. The molecule has 0 aliphatic carbocycles. The molecule has 2 N–H and O–H groups in total. The number of aromatic nitrogens is 1. The largest absolute Gasteiger partial charge is 0.478 e. The monoisotopic (exact) mass is 268 g/mol.